The molecule has 30 heavy (non-hydrogen) atoms. The van der Waals surface area contributed by atoms with Crippen molar-refractivity contribution in [1.29, 1.82) is 0 Å². The number of alkyl halides is 3. The maximum atomic E-state index is 13.2. The van der Waals surface area contributed by atoms with E-state index in [9.17, 15) is 18.0 Å². The Hall–Kier alpha value is -2.58. The Morgan fingerprint density at radius 3 is 2.63 bits per heavy atom. The molecule has 0 saturated carbocycles. The van der Waals surface area contributed by atoms with E-state index in [-0.39, 0.29) is 31.1 Å². The van der Waals surface area contributed by atoms with Crippen molar-refractivity contribution >= 4 is 28.9 Å². The first-order valence-electron chi connectivity index (χ1n) is 8.95. The van der Waals surface area contributed by atoms with Crippen LogP contribution in [0.5, 0.6) is 5.75 Å². The van der Waals surface area contributed by atoms with Crippen LogP contribution in [0, 0.1) is 0 Å². The van der Waals surface area contributed by atoms with Crippen LogP contribution in [0.3, 0.4) is 0 Å². The van der Waals surface area contributed by atoms with Crippen LogP contribution in [-0.2, 0) is 23.9 Å². The Morgan fingerprint density at radius 1 is 1.17 bits per heavy atom. The van der Waals surface area contributed by atoms with E-state index in [4.69, 9.17) is 21.1 Å². The van der Waals surface area contributed by atoms with Gasteiger partial charge in [-0.1, -0.05) is 29.8 Å². The topological polar surface area (TPSA) is 48.4 Å². The molecule has 0 radical (unpaired) electrons. The lowest BCUT2D eigenvalue weighted by Gasteiger charge is -2.14. The SMILES string of the molecule is CCOC(=O)c1csc(Cc2cc(C(F)(F)F)ccc2OCc2ccccc2Cl)n1. The smallest absolute Gasteiger partial charge is 0.416 e. The average molecular weight is 456 g/mol. The van der Waals surface area contributed by atoms with Crippen LogP contribution in [0.25, 0.3) is 0 Å². The second-order valence-corrected chi connectivity index (χ2v) is 7.57. The van der Waals surface area contributed by atoms with Gasteiger partial charge in [0.05, 0.1) is 17.2 Å². The van der Waals surface area contributed by atoms with E-state index in [0.717, 1.165) is 12.1 Å². The number of aromatic nitrogens is 1. The molecule has 1 heterocycles. The molecule has 0 amide bonds. The molecule has 3 aromatic rings. The highest BCUT2D eigenvalue weighted by Crippen LogP contribution is 2.34. The highest BCUT2D eigenvalue weighted by atomic mass is 35.5. The van der Waals surface area contributed by atoms with E-state index in [1.807, 2.05) is 0 Å². The van der Waals surface area contributed by atoms with Gasteiger partial charge in [0.1, 0.15) is 12.4 Å². The van der Waals surface area contributed by atoms with E-state index in [0.29, 0.717) is 21.2 Å². The van der Waals surface area contributed by atoms with Crippen LogP contribution in [0.15, 0.2) is 47.8 Å². The largest absolute Gasteiger partial charge is 0.489 e. The zero-order chi connectivity index (χ0) is 21.7. The number of hydrogen-bond donors (Lipinski definition) is 0. The zero-order valence-corrected chi connectivity index (χ0v) is 17.4. The molecule has 0 bridgehead atoms. The minimum Gasteiger partial charge on any atom is -0.489 e. The Bertz CT molecular complexity index is 1040. The van der Waals surface area contributed by atoms with Crippen LogP contribution in [-0.4, -0.2) is 17.6 Å². The zero-order valence-electron chi connectivity index (χ0n) is 15.8. The third-order valence-electron chi connectivity index (χ3n) is 4.11. The lowest BCUT2D eigenvalue weighted by molar-refractivity contribution is -0.137. The minimum absolute atomic E-state index is 0.0752. The van der Waals surface area contributed by atoms with Gasteiger partial charge in [-0.2, -0.15) is 13.2 Å². The molecular weight excluding hydrogens is 439 g/mol. The van der Waals surface area contributed by atoms with Crippen LogP contribution < -0.4 is 4.74 Å². The summed E-state index contributed by atoms with van der Waals surface area (Å²) in [6.07, 6.45) is -4.42. The molecule has 0 unspecified atom stereocenters. The Balaban J connectivity index is 1.86. The number of thiazole rings is 1. The van der Waals surface area contributed by atoms with Gasteiger partial charge >= 0.3 is 12.1 Å². The maximum Gasteiger partial charge on any atom is 0.416 e. The fourth-order valence-corrected chi connectivity index (χ4v) is 3.64. The third-order valence-corrected chi connectivity index (χ3v) is 5.32. The predicted molar refractivity (Wildman–Crippen MR) is 108 cm³/mol. The summed E-state index contributed by atoms with van der Waals surface area (Å²) in [4.78, 5) is 16.0. The second-order valence-electron chi connectivity index (χ2n) is 6.22. The van der Waals surface area contributed by atoms with Crippen LogP contribution in [0.2, 0.25) is 5.02 Å². The molecule has 0 fully saturated rings. The standard InChI is InChI=1S/C21H17ClF3NO3S/c1-2-28-20(27)17-12-30-19(26-17)10-14-9-15(21(23,24)25)7-8-18(14)29-11-13-5-3-4-6-16(13)22/h3-9,12H,2,10-11H2,1H3. The summed E-state index contributed by atoms with van der Waals surface area (Å²) < 4.78 is 50.3. The van der Waals surface area contributed by atoms with Crippen molar-refractivity contribution in [2.24, 2.45) is 0 Å². The fourth-order valence-electron chi connectivity index (χ4n) is 2.66. The molecule has 2 aromatic carbocycles. The summed E-state index contributed by atoms with van der Waals surface area (Å²) >= 11 is 7.29. The van der Waals surface area contributed by atoms with E-state index < -0.39 is 17.7 Å². The molecule has 0 spiro atoms. The van der Waals surface area contributed by atoms with Gasteiger partial charge in [-0.05, 0) is 31.2 Å². The minimum atomic E-state index is -4.49. The molecule has 0 aliphatic carbocycles. The predicted octanol–water partition coefficient (Wildman–Crippen LogP) is 6.16. The monoisotopic (exact) mass is 455 g/mol. The van der Waals surface area contributed by atoms with Gasteiger partial charge in [0.25, 0.3) is 0 Å². The summed E-state index contributed by atoms with van der Waals surface area (Å²) in [6.45, 7) is 1.99. The molecule has 0 N–H and O–H groups in total. The van der Waals surface area contributed by atoms with Gasteiger partial charge < -0.3 is 9.47 Å². The number of ether oxygens (including phenoxy) is 2. The number of carbonyl (C=O) groups is 1. The first-order chi connectivity index (χ1) is 14.3. The summed E-state index contributed by atoms with van der Waals surface area (Å²) in [5.41, 5.74) is 0.359. The maximum absolute atomic E-state index is 13.2. The number of hydrogen-bond acceptors (Lipinski definition) is 5. The Kier molecular flexibility index (Phi) is 6.99. The van der Waals surface area contributed by atoms with Crippen LogP contribution in [0.1, 0.15) is 39.1 Å². The molecule has 0 aliphatic rings. The van der Waals surface area contributed by atoms with Crippen molar-refractivity contribution in [3.63, 3.8) is 0 Å². The summed E-state index contributed by atoms with van der Waals surface area (Å²) in [5.74, 6) is -0.282. The van der Waals surface area contributed by atoms with Gasteiger partial charge in [-0.25, -0.2) is 9.78 Å². The van der Waals surface area contributed by atoms with Crippen LogP contribution in [0.4, 0.5) is 13.2 Å². The number of rotatable bonds is 7. The van der Waals surface area contributed by atoms with Gasteiger partial charge in [0, 0.05) is 28.0 Å². The average Bonchev–Trinajstić information content (AvgIpc) is 3.16. The molecule has 1 aromatic heterocycles. The lowest BCUT2D eigenvalue weighted by Crippen LogP contribution is -2.08. The van der Waals surface area contributed by atoms with Gasteiger partial charge in [0.2, 0.25) is 0 Å². The number of nitrogens with zero attached hydrogens (tertiary/aromatic N) is 1. The van der Waals surface area contributed by atoms with Gasteiger partial charge in [-0.15, -0.1) is 11.3 Å². The number of esters is 1. The van der Waals surface area contributed by atoms with Gasteiger partial charge in [-0.3, -0.25) is 0 Å². The summed E-state index contributed by atoms with van der Waals surface area (Å²) in [5, 5.41) is 2.50. The molecule has 0 aliphatic heterocycles. The Labute approximate surface area is 180 Å². The highest BCUT2D eigenvalue weighted by Gasteiger charge is 2.31. The van der Waals surface area contributed by atoms with E-state index in [2.05, 4.69) is 4.98 Å². The number of carbonyl (C=O) groups excluding carboxylic acids is 1. The molecule has 0 saturated heterocycles. The third kappa shape index (κ3) is 5.52. The first-order valence-corrected chi connectivity index (χ1v) is 10.2. The fraction of sp³-hybridized carbons (Fsp3) is 0.238. The van der Waals surface area contributed by atoms with Crippen LogP contribution >= 0.6 is 22.9 Å². The van der Waals surface area contributed by atoms with Gasteiger partial charge in [0.15, 0.2) is 5.69 Å². The molecule has 3 rings (SSSR count). The molecular formula is C21H17ClF3NO3S. The quantitative estimate of drug-likeness (QED) is 0.400. The van der Waals surface area contributed by atoms with Crippen molar-refractivity contribution in [2.75, 3.05) is 6.61 Å². The number of halogens is 4. The van der Waals surface area contributed by atoms with Crippen molar-refractivity contribution in [3.8, 4) is 5.75 Å². The van der Waals surface area contributed by atoms with Crippen molar-refractivity contribution in [1.82, 2.24) is 4.98 Å². The van der Waals surface area contributed by atoms with E-state index >= 15 is 0 Å². The number of benzene rings is 2. The molecule has 9 heteroatoms. The second kappa shape index (κ2) is 9.49. The normalized spacial score (nSPS) is 11.4. The van der Waals surface area contributed by atoms with Crippen molar-refractivity contribution in [3.05, 3.63) is 80.3 Å². The molecule has 0 atom stereocenters. The molecule has 4 nitrogen and oxygen atoms in total. The summed E-state index contributed by atoms with van der Waals surface area (Å²) in [7, 11) is 0. The van der Waals surface area contributed by atoms with E-state index in [1.165, 1.54) is 22.8 Å². The Morgan fingerprint density at radius 2 is 1.93 bits per heavy atom. The summed E-state index contributed by atoms with van der Waals surface area (Å²) in [6, 6.07) is 10.3. The van der Waals surface area contributed by atoms with E-state index in [1.54, 1.807) is 31.2 Å². The first kappa shape index (κ1) is 22.1. The lowest BCUT2D eigenvalue weighted by atomic mass is 10.1. The molecule has 158 valence electrons. The van der Waals surface area contributed by atoms with Crippen molar-refractivity contribution in [2.45, 2.75) is 26.1 Å². The highest BCUT2D eigenvalue weighted by molar-refractivity contribution is 7.09. The van der Waals surface area contributed by atoms with Crippen molar-refractivity contribution < 1.29 is 27.4 Å².